The summed E-state index contributed by atoms with van der Waals surface area (Å²) in [6, 6.07) is 2.49. The lowest BCUT2D eigenvalue weighted by atomic mass is 10.2. The van der Waals surface area contributed by atoms with Gasteiger partial charge >= 0.3 is 5.97 Å². The summed E-state index contributed by atoms with van der Waals surface area (Å²) < 4.78 is 31.0. The van der Waals surface area contributed by atoms with Gasteiger partial charge in [0.05, 0.1) is 20.2 Å². The van der Waals surface area contributed by atoms with Crippen LogP contribution in [0.5, 0.6) is 0 Å². The second-order valence-electron chi connectivity index (χ2n) is 3.90. The maximum atomic E-state index is 12.4. The fraction of sp³-hybridized carbons (Fsp3) is 0.500. The molecule has 1 aromatic heterocycles. The summed E-state index contributed by atoms with van der Waals surface area (Å²) in [6.07, 6.45) is 0. The van der Waals surface area contributed by atoms with Gasteiger partial charge in [0, 0.05) is 0 Å². The lowest BCUT2D eigenvalue weighted by Gasteiger charge is -2.30. The summed E-state index contributed by atoms with van der Waals surface area (Å²) in [5.41, 5.74) is 0. The first-order valence-corrected chi connectivity index (χ1v) is 7.84. The minimum Gasteiger partial charge on any atom is -0.468 e. The number of sulfonamides is 1. The van der Waals surface area contributed by atoms with E-state index in [-0.39, 0.29) is 4.21 Å². The normalized spacial score (nSPS) is 21.7. The molecule has 6 nitrogen and oxygen atoms in total. The van der Waals surface area contributed by atoms with Gasteiger partial charge in [-0.3, -0.25) is 4.79 Å². The van der Waals surface area contributed by atoms with Crippen LogP contribution in [-0.2, 0) is 19.6 Å². The molecule has 18 heavy (non-hydrogen) atoms. The average molecular weight is 291 g/mol. The molecule has 0 radical (unpaired) electrons. The van der Waals surface area contributed by atoms with Gasteiger partial charge in [-0.25, -0.2) is 8.42 Å². The Labute approximate surface area is 110 Å². The zero-order valence-corrected chi connectivity index (χ0v) is 11.5. The molecule has 1 saturated heterocycles. The molecule has 1 aromatic rings. The Bertz CT molecular complexity index is 512. The van der Waals surface area contributed by atoms with Gasteiger partial charge in [0.1, 0.15) is 10.8 Å². The molecule has 0 aromatic carbocycles. The van der Waals surface area contributed by atoms with E-state index in [9.17, 15) is 13.2 Å². The van der Waals surface area contributed by atoms with E-state index in [2.05, 4.69) is 4.74 Å². The van der Waals surface area contributed by atoms with Gasteiger partial charge in [-0.2, -0.15) is 4.31 Å². The molecule has 1 atom stereocenters. The van der Waals surface area contributed by atoms with Crippen molar-refractivity contribution >= 4 is 27.3 Å². The fourth-order valence-corrected chi connectivity index (χ4v) is 4.65. The molecule has 0 saturated carbocycles. The van der Waals surface area contributed by atoms with Gasteiger partial charge in [-0.1, -0.05) is 6.07 Å². The number of methoxy groups -OCH3 is 1. The molecule has 1 aliphatic heterocycles. The van der Waals surface area contributed by atoms with Crippen LogP contribution in [0, 0.1) is 0 Å². The molecule has 0 bridgehead atoms. The van der Waals surface area contributed by atoms with Crippen LogP contribution in [-0.4, -0.2) is 51.5 Å². The third-order valence-electron chi connectivity index (χ3n) is 2.82. The van der Waals surface area contributed by atoms with Crippen molar-refractivity contribution in [3.63, 3.8) is 0 Å². The molecule has 2 N–H and O–H groups in total. The monoisotopic (exact) mass is 291 g/mol. The molecule has 2 heterocycles. The van der Waals surface area contributed by atoms with Crippen LogP contribution in [0.3, 0.4) is 0 Å². The molecule has 1 aliphatic rings. The van der Waals surface area contributed by atoms with E-state index in [1.54, 1.807) is 17.5 Å². The van der Waals surface area contributed by atoms with Crippen molar-refractivity contribution in [2.45, 2.75) is 10.3 Å². The number of thiophene rings is 1. The summed E-state index contributed by atoms with van der Waals surface area (Å²) in [6.45, 7) is 1.37. The first-order chi connectivity index (χ1) is 8.57. The third kappa shape index (κ3) is 2.41. The standard InChI is InChI=1S/C10H14N2O4S2/c1-16-10(13)8-7-11-4-5-12(8)18(14,15)9-3-2-6-17-9/h2-3,6,8,11H,4-5,7H2,1H3/p+1/t8-/m1/s1. The van der Waals surface area contributed by atoms with Crippen LogP contribution in [0.2, 0.25) is 0 Å². The molecule has 1 fully saturated rings. The van der Waals surface area contributed by atoms with Crippen molar-refractivity contribution < 1.29 is 23.3 Å². The summed E-state index contributed by atoms with van der Waals surface area (Å²) in [7, 11) is -2.32. The molecule has 100 valence electrons. The van der Waals surface area contributed by atoms with Crippen LogP contribution in [0.25, 0.3) is 0 Å². The molecule has 0 spiro atoms. The molecule has 0 aliphatic carbocycles. The van der Waals surface area contributed by atoms with Crippen LogP contribution in [0.1, 0.15) is 0 Å². The highest BCUT2D eigenvalue weighted by atomic mass is 32.2. The van der Waals surface area contributed by atoms with Crippen molar-refractivity contribution in [3.05, 3.63) is 17.5 Å². The molecule has 0 amide bonds. The number of hydrogen-bond acceptors (Lipinski definition) is 5. The summed E-state index contributed by atoms with van der Waals surface area (Å²) in [5.74, 6) is -0.508. The van der Waals surface area contributed by atoms with E-state index in [4.69, 9.17) is 0 Å². The third-order valence-corrected chi connectivity index (χ3v) is 6.10. The van der Waals surface area contributed by atoms with Gasteiger partial charge < -0.3 is 10.1 Å². The van der Waals surface area contributed by atoms with Crippen LogP contribution in [0.15, 0.2) is 21.7 Å². The van der Waals surface area contributed by atoms with E-state index in [0.29, 0.717) is 19.6 Å². The first kappa shape index (κ1) is 13.5. The van der Waals surface area contributed by atoms with Crippen molar-refractivity contribution in [2.75, 3.05) is 26.7 Å². The SMILES string of the molecule is COC(=O)[C@H]1C[NH2+]CCN1S(=O)(=O)c1cccs1. The number of nitrogens with zero attached hydrogens (tertiary/aromatic N) is 1. The quantitative estimate of drug-likeness (QED) is 0.714. The lowest BCUT2D eigenvalue weighted by molar-refractivity contribution is -0.665. The summed E-state index contributed by atoms with van der Waals surface area (Å²) >= 11 is 1.15. The molecular weight excluding hydrogens is 276 g/mol. The Balaban J connectivity index is 2.32. The number of nitrogens with two attached hydrogens (primary N) is 1. The molecule has 0 unspecified atom stereocenters. The number of ether oxygens (including phenoxy) is 1. The Kier molecular flexibility index (Phi) is 4.00. The highest BCUT2D eigenvalue weighted by molar-refractivity contribution is 7.91. The predicted molar refractivity (Wildman–Crippen MR) is 65.7 cm³/mol. The first-order valence-electron chi connectivity index (χ1n) is 5.52. The van der Waals surface area contributed by atoms with E-state index in [1.165, 1.54) is 11.4 Å². The van der Waals surface area contributed by atoms with Crippen LogP contribution < -0.4 is 5.32 Å². The minimum absolute atomic E-state index is 0.262. The predicted octanol–water partition coefficient (Wildman–Crippen LogP) is -1.14. The van der Waals surface area contributed by atoms with Gasteiger partial charge in [0.15, 0.2) is 6.04 Å². The molecule has 2 rings (SSSR count). The molecular formula is C10H15N2O4S2+. The Hall–Kier alpha value is -0.960. The van der Waals surface area contributed by atoms with E-state index >= 15 is 0 Å². The Morgan fingerprint density at radius 3 is 3.00 bits per heavy atom. The summed E-state index contributed by atoms with van der Waals surface area (Å²) in [5, 5.41) is 3.62. The van der Waals surface area contributed by atoms with Gasteiger partial charge in [0.2, 0.25) is 0 Å². The Morgan fingerprint density at radius 1 is 1.61 bits per heavy atom. The minimum atomic E-state index is -3.59. The highest BCUT2D eigenvalue weighted by Gasteiger charge is 2.40. The van der Waals surface area contributed by atoms with Gasteiger partial charge in [-0.15, -0.1) is 11.3 Å². The number of piperazine rings is 1. The smallest absolute Gasteiger partial charge is 0.330 e. The van der Waals surface area contributed by atoms with E-state index in [0.717, 1.165) is 11.3 Å². The number of rotatable bonds is 3. The highest BCUT2D eigenvalue weighted by Crippen LogP contribution is 2.23. The number of hydrogen-bond donors (Lipinski definition) is 1. The fourth-order valence-electron chi connectivity index (χ4n) is 1.93. The maximum Gasteiger partial charge on any atom is 0.330 e. The molecule has 8 heteroatoms. The second-order valence-corrected chi connectivity index (χ2v) is 6.96. The number of esters is 1. The number of carbonyl (C=O) groups excluding carboxylic acids is 1. The largest absolute Gasteiger partial charge is 0.468 e. The lowest BCUT2D eigenvalue weighted by Crippen LogP contribution is -2.92. The Morgan fingerprint density at radius 2 is 2.39 bits per heavy atom. The zero-order chi connectivity index (χ0) is 13.2. The maximum absolute atomic E-state index is 12.4. The number of quaternary nitrogens is 1. The van der Waals surface area contributed by atoms with Crippen molar-refractivity contribution in [1.29, 1.82) is 0 Å². The van der Waals surface area contributed by atoms with Crippen LogP contribution in [0.4, 0.5) is 0 Å². The number of carbonyl (C=O) groups is 1. The average Bonchev–Trinajstić information content (AvgIpc) is 2.92. The van der Waals surface area contributed by atoms with Gasteiger partial charge in [-0.05, 0) is 11.4 Å². The van der Waals surface area contributed by atoms with E-state index in [1.807, 2.05) is 5.32 Å². The second kappa shape index (κ2) is 5.35. The van der Waals surface area contributed by atoms with Crippen molar-refractivity contribution in [2.24, 2.45) is 0 Å². The zero-order valence-electron chi connectivity index (χ0n) is 9.90. The summed E-state index contributed by atoms with van der Waals surface area (Å²) in [4.78, 5) is 11.6. The van der Waals surface area contributed by atoms with Crippen molar-refractivity contribution in [1.82, 2.24) is 4.31 Å². The van der Waals surface area contributed by atoms with Crippen LogP contribution >= 0.6 is 11.3 Å². The van der Waals surface area contributed by atoms with Crippen molar-refractivity contribution in [3.8, 4) is 0 Å². The van der Waals surface area contributed by atoms with Gasteiger partial charge in [0.25, 0.3) is 10.0 Å². The topological polar surface area (TPSA) is 80.3 Å². The van der Waals surface area contributed by atoms with E-state index < -0.39 is 22.0 Å².